The molecule has 1 aromatic heterocycles. The Bertz CT molecular complexity index is 436. The van der Waals surface area contributed by atoms with E-state index < -0.39 is 0 Å². The van der Waals surface area contributed by atoms with E-state index in [9.17, 15) is 0 Å². The molecule has 132 valence electrons. The number of hydrogen-bond donors (Lipinski definition) is 0. The van der Waals surface area contributed by atoms with Crippen LogP contribution in [0, 0.1) is 11.8 Å². The fourth-order valence-electron chi connectivity index (χ4n) is 3.61. The van der Waals surface area contributed by atoms with Gasteiger partial charge in [0.05, 0.1) is 6.20 Å². The molecular formula is C20H37N3. The molecule has 1 aromatic rings. The number of nitrogens with zero attached hydrogens (tertiary/aromatic N) is 3. The van der Waals surface area contributed by atoms with E-state index in [-0.39, 0.29) is 0 Å². The standard InChI is InChI=1S/C20H37N3/c1-17(2)9-6-5-7-11-22-12-8-10-19(14-22)15-23-16-20(13-21-23)18(3)4/h13,16-19H,5-12,14-15H2,1-4H3/t19-/m1/s1. The zero-order chi connectivity index (χ0) is 16.7. The van der Waals surface area contributed by atoms with Crippen molar-refractivity contribution in [1.82, 2.24) is 14.7 Å². The highest BCUT2D eigenvalue weighted by Gasteiger charge is 2.20. The number of aromatic nitrogens is 2. The Hall–Kier alpha value is -0.830. The first kappa shape index (κ1) is 18.5. The summed E-state index contributed by atoms with van der Waals surface area (Å²) in [6, 6.07) is 0. The van der Waals surface area contributed by atoms with Gasteiger partial charge < -0.3 is 4.90 Å². The lowest BCUT2D eigenvalue weighted by molar-refractivity contribution is 0.157. The van der Waals surface area contributed by atoms with Gasteiger partial charge in [0.1, 0.15) is 0 Å². The van der Waals surface area contributed by atoms with Gasteiger partial charge in [0.15, 0.2) is 0 Å². The van der Waals surface area contributed by atoms with E-state index in [2.05, 4.69) is 48.6 Å². The van der Waals surface area contributed by atoms with Gasteiger partial charge in [-0.2, -0.15) is 5.10 Å². The summed E-state index contributed by atoms with van der Waals surface area (Å²) in [7, 11) is 0. The molecule has 2 rings (SSSR count). The second-order valence-electron chi connectivity index (χ2n) is 8.20. The first-order chi connectivity index (χ1) is 11.0. The van der Waals surface area contributed by atoms with Gasteiger partial charge in [0.25, 0.3) is 0 Å². The molecule has 0 amide bonds. The topological polar surface area (TPSA) is 21.1 Å². The third kappa shape index (κ3) is 6.66. The molecule has 3 heteroatoms. The number of likely N-dealkylation sites (tertiary alicyclic amines) is 1. The van der Waals surface area contributed by atoms with Crippen molar-refractivity contribution in [2.75, 3.05) is 19.6 Å². The number of hydrogen-bond acceptors (Lipinski definition) is 2. The van der Waals surface area contributed by atoms with E-state index in [1.165, 1.54) is 63.7 Å². The summed E-state index contributed by atoms with van der Waals surface area (Å²) in [6.45, 7) is 14.1. The molecule has 1 aliphatic heterocycles. The van der Waals surface area contributed by atoms with Gasteiger partial charge in [-0.3, -0.25) is 4.68 Å². The van der Waals surface area contributed by atoms with Gasteiger partial charge in [-0.05, 0) is 55.7 Å². The molecule has 0 aromatic carbocycles. The van der Waals surface area contributed by atoms with Crippen LogP contribution in [-0.4, -0.2) is 34.3 Å². The van der Waals surface area contributed by atoms with E-state index in [4.69, 9.17) is 0 Å². The summed E-state index contributed by atoms with van der Waals surface area (Å²) in [5, 5.41) is 4.56. The Morgan fingerprint density at radius 3 is 2.70 bits per heavy atom. The van der Waals surface area contributed by atoms with Crippen molar-refractivity contribution in [2.24, 2.45) is 11.8 Å². The Labute approximate surface area is 143 Å². The monoisotopic (exact) mass is 319 g/mol. The zero-order valence-electron chi connectivity index (χ0n) is 15.8. The van der Waals surface area contributed by atoms with Crippen LogP contribution in [0.5, 0.6) is 0 Å². The van der Waals surface area contributed by atoms with Crippen molar-refractivity contribution >= 4 is 0 Å². The van der Waals surface area contributed by atoms with E-state index >= 15 is 0 Å². The minimum absolute atomic E-state index is 0.581. The van der Waals surface area contributed by atoms with Crippen LogP contribution >= 0.6 is 0 Å². The molecular weight excluding hydrogens is 282 g/mol. The molecule has 0 radical (unpaired) electrons. The predicted molar refractivity (Wildman–Crippen MR) is 98.8 cm³/mol. The molecule has 2 heterocycles. The highest BCUT2D eigenvalue weighted by molar-refractivity contribution is 5.08. The van der Waals surface area contributed by atoms with E-state index in [1.807, 2.05) is 6.20 Å². The average Bonchev–Trinajstić information content (AvgIpc) is 2.96. The fraction of sp³-hybridized carbons (Fsp3) is 0.850. The number of unbranched alkanes of at least 4 members (excludes halogenated alkanes) is 2. The Kier molecular flexibility index (Phi) is 7.61. The highest BCUT2D eigenvalue weighted by Crippen LogP contribution is 2.20. The normalized spacial score (nSPS) is 19.8. The molecule has 1 aliphatic rings. The first-order valence-corrected chi connectivity index (χ1v) is 9.79. The molecule has 0 bridgehead atoms. The first-order valence-electron chi connectivity index (χ1n) is 9.79. The summed E-state index contributed by atoms with van der Waals surface area (Å²) in [6.07, 6.45) is 12.6. The Morgan fingerprint density at radius 1 is 1.17 bits per heavy atom. The summed E-state index contributed by atoms with van der Waals surface area (Å²) < 4.78 is 2.17. The second kappa shape index (κ2) is 9.46. The summed E-state index contributed by atoms with van der Waals surface area (Å²) in [5.74, 6) is 2.22. The van der Waals surface area contributed by atoms with Gasteiger partial charge in [0, 0.05) is 19.3 Å². The van der Waals surface area contributed by atoms with Crippen LogP contribution < -0.4 is 0 Å². The minimum Gasteiger partial charge on any atom is -0.303 e. The van der Waals surface area contributed by atoms with Gasteiger partial charge in [-0.1, -0.05) is 47.0 Å². The van der Waals surface area contributed by atoms with Crippen LogP contribution in [-0.2, 0) is 6.54 Å². The maximum atomic E-state index is 4.56. The van der Waals surface area contributed by atoms with Crippen molar-refractivity contribution in [3.63, 3.8) is 0 Å². The van der Waals surface area contributed by atoms with Crippen LogP contribution in [0.2, 0.25) is 0 Å². The van der Waals surface area contributed by atoms with Crippen molar-refractivity contribution in [1.29, 1.82) is 0 Å². The molecule has 0 aliphatic carbocycles. The molecule has 3 nitrogen and oxygen atoms in total. The maximum absolute atomic E-state index is 4.56. The van der Waals surface area contributed by atoms with Crippen molar-refractivity contribution in [3.8, 4) is 0 Å². The average molecular weight is 320 g/mol. The third-order valence-corrected chi connectivity index (χ3v) is 5.12. The number of rotatable bonds is 9. The number of piperidine rings is 1. The molecule has 1 fully saturated rings. The van der Waals surface area contributed by atoms with E-state index in [0.29, 0.717) is 5.92 Å². The van der Waals surface area contributed by atoms with Gasteiger partial charge in [0.2, 0.25) is 0 Å². The molecule has 0 N–H and O–H groups in total. The van der Waals surface area contributed by atoms with Crippen molar-refractivity contribution < 1.29 is 0 Å². The van der Waals surface area contributed by atoms with Crippen LogP contribution in [0.25, 0.3) is 0 Å². The van der Waals surface area contributed by atoms with Crippen molar-refractivity contribution in [2.45, 2.75) is 78.7 Å². The Morgan fingerprint density at radius 2 is 2.00 bits per heavy atom. The summed E-state index contributed by atoms with van der Waals surface area (Å²) in [4.78, 5) is 2.69. The molecule has 1 atom stereocenters. The van der Waals surface area contributed by atoms with Crippen LogP contribution in [0.4, 0.5) is 0 Å². The largest absolute Gasteiger partial charge is 0.303 e. The van der Waals surface area contributed by atoms with Gasteiger partial charge in [-0.15, -0.1) is 0 Å². The van der Waals surface area contributed by atoms with Gasteiger partial charge >= 0.3 is 0 Å². The third-order valence-electron chi connectivity index (χ3n) is 5.12. The van der Waals surface area contributed by atoms with Crippen LogP contribution in [0.15, 0.2) is 12.4 Å². The molecule has 23 heavy (non-hydrogen) atoms. The van der Waals surface area contributed by atoms with E-state index in [1.54, 1.807) is 0 Å². The maximum Gasteiger partial charge on any atom is 0.0524 e. The fourth-order valence-corrected chi connectivity index (χ4v) is 3.61. The van der Waals surface area contributed by atoms with E-state index in [0.717, 1.165) is 18.4 Å². The zero-order valence-corrected chi connectivity index (χ0v) is 15.8. The van der Waals surface area contributed by atoms with Gasteiger partial charge in [-0.25, -0.2) is 0 Å². The predicted octanol–water partition coefficient (Wildman–Crippen LogP) is 4.93. The SMILES string of the molecule is CC(C)CCCCCN1CCC[C@@H](Cn2cc(C(C)C)cn2)C1. The lowest BCUT2D eigenvalue weighted by Crippen LogP contribution is -2.37. The lowest BCUT2D eigenvalue weighted by atomic mass is 9.97. The molecule has 0 spiro atoms. The summed E-state index contributed by atoms with van der Waals surface area (Å²) >= 11 is 0. The smallest absolute Gasteiger partial charge is 0.0524 e. The Balaban J connectivity index is 1.68. The second-order valence-corrected chi connectivity index (χ2v) is 8.20. The molecule has 1 saturated heterocycles. The molecule has 0 unspecified atom stereocenters. The summed E-state index contributed by atoms with van der Waals surface area (Å²) in [5.41, 5.74) is 1.36. The van der Waals surface area contributed by atoms with Crippen molar-refractivity contribution in [3.05, 3.63) is 18.0 Å². The van der Waals surface area contributed by atoms with Crippen LogP contribution in [0.3, 0.4) is 0 Å². The molecule has 0 saturated carbocycles. The highest BCUT2D eigenvalue weighted by atomic mass is 15.3. The minimum atomic E-state index is 0.581. The van der Waals surface area contributed by atoms with Crippen LogP contribution in [0.1, 0.15) is 77.7 Å². The lowest BCUT2D eigenvalue weighted by Gasteiger charge is -2.32. The quantitative estimate of drug-likeness (QED) is 0.601.